The first-order valence-electron chi connectivity index (χ1n) is 14.3. The van der Waals surface area contributed by atoms with Crippen LogP contribution in [0.1, 0.15) is 0 Å². The molecule has 8 heteroatoms. The van der Waals surface area contributed by atoms with Gasteiger partial charge in [-0.15, -0.1) is 0 Å². The number of rotatable bonds is 2. The number of hydrogen-bond donors (Lipinski definition) is 8. The second kappa shape index (κ2) is 9.48. The molecule has 8 nitrogen and oxygen atoms in total. The van der Waals surface area contributed by atoms with E-state index in [4.69, 9.17) is 0 Å². The van der Waals surface area contributed by atoms with Crippen molar-refractivity contribution in [2.75, 3.05) is 0 Å². The van der Waals surface area contributed by atoms with Crippen molar-refractivity contribution in [2.24, 2.45) is 0 Å². The van der Waals surface area contributed by atoms with Crippen molar-refractivity contribution >= 4 is 53.9 Å². The van der Waals surface area contributed by atoms with E-state index in [2.05, 4.69) is 0 Å². The third-order valence-electron chi connectivity index (χ3n) is 8.89. The Kier molecular flexibility index (Phi) is 5.57. The Morgan fingerprint density at radius 1 is 0.283 bits per heavy atom. The number of hydrogen-bond acceptors (Lipinski definition) is 8. The van der Waals surface area contributed by atoms with E-state index in [1.807, 2.05) is 60.7 Å². The van der Waals surface area contributed by atoms with Gasteiger partial charge in [-0.25, -0.2) is 0 Å². The predicted molar refractivity (Wildman–Crippen MR) is 178 cm³/mol. The molecular formula is C38H24O8. The third kappa shape index (κ3) is 3.43. The molecule has 224 valence electrons. The molecule has 0 unspecified atom stereocenters. The minimum absolute atomic E-state index is 0.0156. The Hall–Kier alpha value is -6.54. The minimum Gasteiger partial charge on any atom is -0.504 e. The van der Waals surface area contributed by atoms with Gasteiger partial charge in [0.15, 0.2) is 23.0 Å². The first kappa shape index (κ1) is 27.0. The highest BCUT2D eigenvalue weighted by Crippen LogP contribution is 2.62. The zero-order valence-electron chi connectivity index (χ0n) is 23.8. The lowest BCUT2D eigenvalue weighted by molar-refractivity contribution is 0.350. The lowest BCUT2D eigenvalue weighted by Crippen LogP contribution is -1.96. The molecule has 0 aliphatic rings. The van der Waals surface area contributed by atoms with Crippen LogP contribution in [0.5, 0.6) is 46.0 Å². The summed E-state index contributed by atoms with van der Waals surface area (Å²) in [4.78, 5) is 0. The average molecular weight is 609 g/mol. The van der Waals surface area contributed by atoms with Crippen LogP contribution in [0.25, 0.3) is 76.1 Å². The molecule has 0 spiro atoms. The predicted octanol–water partition coefficient (Wildman–Crippen LogP) is 8.43. The monoisotopic (exact) mass is 608 g/mol. The van der Waals surface area contributed by atoms with Crippen LogP contribution < -0.4 is 0 Å². The van der Waals surface area contributed by atoms with Crippen LogP contribution in [-0.2, 0) is 0 Å². The standard InChI is InChI=1S/C38H24O8/c39-31-27-25(23-15-7-10-17-8-1-3-11-19(17)23)28-30(34(42)38(46)36(44)32(28)40)26(29(27)33(41)37(45)35(31)43)24-16-18-9-2-4-12-20(18)21-13-5-6-14-22(21)24/h1-16,39-46H. The largest absolute Gasteiger partial charge is 0.504 e. The summed E-state index contributed by atoms with van der Waals surface area (Å²) in [5.41, 5.74) is 0.819. The molecular weight excluding hydrogens is 584 g/mol. The summed E-state index contributed by atoms with van der Waals surface area (Å²) in [6.07, 6.45) is 0. The summed E-state index contributed by atoms with van der Waals surface area (Å²) in [5, 5.41) is 93.9. The van der Waals surface area contributed by atoms with Gasteiger partial charge < -0.3 is 40.9 Å². The van der Waals surface area contributed by atoms with Gasteiger partial charge in [-0.1, -0.05) is 91.0 Å². The molecule has 0 fully saturated rings. The zero-order valence-corrected chi connectivity index (χ0v) is 23.8. The van der Waals surface area contributed by atoms with Crippen molar-refractivity contribution in [3.8, 4) is 68.2 Å². The Bertz CT molecular complexity index is 2540. The molecule has 8 N–H and O–H groups in total. The fourth-order valence-electron chi connectivity index (χ4n) is 6.86. The van der Waals surface area contributed by atoms with Crippen LogP contribution in [0.15, 0.2) is 97.1 Å². The summed E-state index contributed by atoms with van der Waals surface area (Å²) in [5.74, 6) is -7.28. The quantitative estimate of drug-likeness (QED) is 0.0420. The highest BCUT2D eigenvalue weighted by molar-refractivity contribution is 6.32. The summed E-state index contributed by atoms with van der Waals surface area (Å²) in [7, 11) is 0. The van der Waals surface area contributed by atoms with E-state index in [1.54, 1.807) is 36.4 Å². The summed E-state index contributed by atoms with van der Waals surface area (Å²) >= 11 is 0. The molecule has 0 aliphatic heterocycles. The van der Waals surface area contributed by atoms with E-state index < -0.39 is 46.0 Å². The van der Waals surface area contributed by atoms with Crippen molar-refractivity contribution in [3.05, 3.63) is 97.1 Å². The second-order valence-corrected chi connectivity index (χ2v) is 11.3. The normalized spacial score (nSPS) is 11.7. The maximum atomic E-state index is 11.6. The second-order valence-electron chi connectivity index (χ2n) is 11.3. The van der Waals surface area contributed by atoms with Gasteiger partial charge in [0, 0.05) is 32.7 Å². The molecule has 0 radical (unpaired) electrons. The van der Waals surface area contributed by atoms with Crippen molar-refractivity contribution in [1.82, 2.24) is 0 Å². The van der Waals surface area contributed by atoms with Gasteiger partial charge in [0.05, 0.1) is 0 Å². The van der Waals surface area contributed by atoms with E-state index in [-0.39, 0.29) is 32.7 Å². The van der Waals surface area contributed by atoms with Gasteiger partial charge in [0.25, 0.3) is 0 Å². The van der Waals surface area contributed by atoms with Crippen LogP contribution in [0, 0.1) is 0 Å². The van der Waals surface area contributed by atoms with Gasteiger partial charge in [0.1, 0.15) is 0 Å². The third-order valence-corrected chi connectivity index (χ3v) is 8.89. The molecule has 0 heterocycles. The van der Waals surface area contributed by atoms with E-state index in [1.165, 1.54) is 0 Å². The van der Waals surface area contributed by atoms with Crippen LogP contribution in [-0.4, -0.2) is 40.9 Å². The Balaban J connectivity index is 1.76. The Labute approximate surface area is 259 Å². The fourth-order valence-corrected chi connectivity index (χ4v) is 6.86. The molecule has 8 rings (SSSR count). The van der Waals surface area contributed by atoms with Crippen LogP contribution in [0.2, 0.25) is 0 Å². The van der Waals surface area contributed by atoms with E-state index in [0.717, 1.165) is 21.5 Å². The average Bonchev–Trinajstić information content (AvgIpc) is 3.09. The minimum atomic E-state index is -1.01. The molecule has 8 aromatic rings. The highest BCUT2D eigenvalue weighted by Gasteiger charge is 2.33. The molecule has 46 heavy (non-hydrogen) atoms. The molecule has 0 saturated heterocycles. The number of fused-ring (bicyclic) bond motifs is 6. The molecule has 0 atom stereocenters. The highest BCUT2D eigenvalue weighted by atomic mass is 16.4. The number of benzene rings is 8. The Morgan fingerprint density at radius 3 is 1.22 bits per heavy atom. The fraction of sp³-hybridized carbons (Fsp3) is 0. The van der Waals surface area contributed by atoms with Gasteiger partial charge >= 0.3 is 0 Å². The molecule has 0 bridgehead atoms. The van der Waals surface area contributed by atoms with Gasteiger partial charge in [-0.05, 0) is 49.5 Å². The molecule has 8 aromatic carbocycles. The first-order chi connectivity index (χ1) is 22.2. The molecule has 0 aliphatic carbocycles. The van der Waals surface area contributed by atoms with Gasteiger partial charge in [0.2, 0.25) is 23.0 Å². The Morgan fingerprint density at radius 2 is 0.674 bits per heavy atom. The van der Waals surface area contributed by atoms with Gasteiger partial charge in [-0.2, -0.15) is 0 Å². The smallest absolute Gasteiger partial charge is 0.204 e. The maximum Gasteiger partial charge on any atom is 0.204 e. The zero-order chi connectivity index (χ0) is 32.0. The van der Waals surface area contributed by atoms with Crippen LogP contribution in [0.3, 0.4) is 0 Å². The number of phenolic OH excluding ortho intramolecular Hbond substituents is 8. The maximum absolute atomic E-state index is 11.6. The van der Waals surface area contributed by atoms with E-state index >= 15 is 0 Å². The van der Waals surface area contributed by atoms with Crippen molar-refractivity contribution in [1.29, 1.82) is 0 Å². The molecule has 0 amide bonds. The number of phenols is 8. The summed E-state index contributed by atoms with van der Waals surface area (Å²) in [6.45, 7) is 0. The van der Waals surface area contributed by atoms with E-state index in [0.29, 0.717) is 21.9 Å². The lowest BCUT2D eigenvalue weighted by atomic mass is 9.81. The lowest BCUT2D eigenvalue weighted by Gasteiger charge is -2.24. The number of aromatic hydroxyl groups is 8. The van der Waals surface area contributed by atoms with Crippen molar-refractivity contribution in [3.63, 3.8) is 0 Å². The summed E-state index contributed by atoms with van der Waals surface area (Å²) < 4.78 is 0. The SMILES string of the molecule is Oc1c(O)c(O)c2c(-c3cc4ccccc4c4ccccc34)c3c(O)c(O)c(O)c(O)c3c(-c3cccc4ccccc34)c2c1O. The van der Waals surface area contributed by atoms with Gasteiger partial charge in [-0.3, -0.25) is 0 Å². The van der Waals surface area contributed by atoms with Crippen molar-refractivity contribution in [2.45, 2.75) is 0 Å². The summed E-state index contributed by atoms with van der Waals surface area (Å²) in [6, 6.07) is 29.3. The topological polar surface area (TPSA) is 162 Å². The molecule has 0 aromatic heterocycles. The first-order valence-corrected chi connectivity index (χ1v) is 14.3. The van der Waals surface area contributed by atoms with E-state index in [9.17, 15) is 40.9 Å². The van der Waals surface area contributed by atoms with Crippen molar-refractivity contribution < 1.29 is 40.9 Å². The van der Waals surface area contributed by atoms with Crippen LogP contribution in [0.4, 0.5) is 0 Å². The van der Waals surface area contributed by atoms with Crippen LogP contribution >= 0.6 is 0 Å². The molecule has 0 saturated carbocycles.